The number of carbonyl (C=O) groups excluding carboxylic acids is 2. The van der Waals surface area contributed by atoms with Gasteiger partial charge in [0.2, 0.25) is 0 Å². The summed E-state index contributed by atoms with van der Waals surface area (Å²) in [5, 5.41) is 14.7. The van der Waals surface area contributed by atoms with E-state index in [4.69, 9.17) is 4.74 Å². The summed E-state index contributed by atoms with van der Waals surface area (Å²) in [7, 11) is 0. The van der Waals surface area contributed by atoms with Crippen molar-refractivity contribution in [2.24, 2.45) is 0 Å². The summed E-state index contributed by atoms with van der Waals surface area (Å²) in [5.74, 6) is -1.19. The average Bonchev–Trinajstić information content (AvgIpc) is 2.69. The zero-order chi connectivity index (χ0) is 18.1. The van der Waals surface area contributed by atoms with Gasteiger partial charge in [-0.05, 0) is 41.5 Å². The van der Waals surface area contributed by atoms with Crippen molar-refractivity contribution in [1.82, 2.24) is 15.5 Å². The van der Waals surface area contributed by atoms with Crippen LogP contribution < -0.4 is 10.6 Å². The van der Waals surface area contributed by atoms with Gasteiger partial charge in [0.05, 0.1) is 6.54 Å². The van der Waals surface area contributed by atoms with Crippen LogP contribution in [0.15, 0.2) is 0 Å². The molecule has 8 nitrogen and oxygen atoms in total. The van der Waals surface area contributed by atoms with Crippen LogP contribution in [0.4, 0.5) is 9.59 Å². The zero-order valence-corrected chi connectivity index (χ0v) is 14.6. The predicted molar refractivity (Wildman–Crippen MR) is 84.2 cm³/mol. The summed E-state index contributed by atoms with van der Waals surface area (Å²) in [6.45, 7) is 10.7. The van der Waals surface area contributed by atoms with Gasteiger partial charge in [-0.1, -0.05) is 0 Å². The van der Waals surface area contributed by atoms with E-state index < -0.39 is 28.7 Å². The first-order valence-corrected chi connectivity index (χ1v) is 7.56. The van der Waals surface area contributed by atoms with Crippen molar-refractivity contribution in [2.45, 2.75) is 64.6 Å². The van der Waals surface area contributed by atoms with Gasteiger partial charge in [-0.3, -0.25) is 0 Å². The van der Waals surface area contributed by atoms with Crippen molar-refractivity contribution in [1.29, 1.82) is 0 Å². The Balaban J connectivity index is 2.79. The molecule has 0 aromatic heterocycles. The molecule has 0 aromatic rings. The van der Waals surface area contributed by atoms with E-state index in [2.05, 4.69) is 10.6 Å². The lowest BCUT2D eigenvalue weighted by atomic mass is 9.99. The van der Waals surface area contributed by atoms with Crippen LogP contribution >= 0.6 is 0 Å². The van der Waals surface area contributed by atoms with Gasteiger partial charge in [-0.2, -0.15) is 0 Å². The fraction of sp³-hybridized carbons (Fsp3) is 0.800. The molecule has 132 valence electrons. The second kappa shape index (κ2) is 6.25. The number of ether oxygens (including phenoxy) is 1. The molecular formula is C15H27N3O5. The monoisotopic (exact) mass is 329 g/mol. The molecule has 1 saturated heterocycles. The molecule has 3 N–H and O–H groups in total. The van der Waals surface area contributed by atoms with Gasteiger partial charge < -0.3 is 25.4 Å². The van der Waals surface area contributed by atoms with Gasteiger partial charge in [-0.25, -0.2) is 14.4 Å². The summed E-state index contributed by atoms with van der Waals surface area (Å²) in [6, 6.07) is -0.355. The minimum atomic E-state index is -1.53. The molecule has 1 heterocycles. The Morgan fingerprint density at radius 3 is 2.13 bits per heavy atom. The van der Waals surface area contributed by atoms with Crippen molar-refractivity contribution < 1.29 is 24.2 Å². The molecule has 1 atom stereocenters. The SMILES string of the molecule is CC(C)(C)NC(=O)N1CCC(NC(=O)OC(C)(C)C)(C(=O)O)C1. The van der Waals surface area contributed by atoms with Crippen LogP contribution in [-0.2, 0) is 9.53 Å². The molecule has 0 bridgehead atoms. The summed E-state index contributed by atoms with van der Waals surface area (Å²) >= 11 is 0. The highest BCUT2D eigenvalue weighted by atomic mass is 16.6. The normalized spacial score (nSPS) is 21.7. The van der Waals surface area contributed by atoms with E-state index in [1.807, 2.05) is 20.8 Å². The average molecular weight is 329 g/mol. The number of carboxylic acids is 1. The van der Waals surface area contributed by atoms with Crippen molar-refractivity contribution in [3.05, 3.63) is 0 Å². The van der Waals surface area contributed by atoms with Crippen LogP contribution in [0.3, 0.4) is 0 Å². The zero-order valence-electron chi connectivity index (χ0n) is 14.6. The van der Waals surface area contributed by atoms with Gasteiger partial charge in [0, 0.05) is 18.5 Å². The quantitative estimate of drug-likeness (QED) is 0.712. The van der Waals surface area contributed by atoms with Crippen LogP contribution in [-0.4, -0.2) is 57.9 Å². The Bertz CT molecular complexity index is 492. The molecule has 1 aliphatic heterocycles. The van der Waals surface area contributed by atoms with E-state index in [1.54, 1.807) is 20.8 Å². The number of hydrogen-bond donors (Lipinski definition) is 3. The van der Waals surface area contributed by atoms with Crippen molar-refractivity contribution in [2.75, 3.05) is 13.1 Å². The maximum atomic E-state index is 12.2. The van der Waals surface area contributed by atoms with E-state index in [9.17, 15) is 19.5 Å². The Hall–Kier alpha value is -1.99. The number of aliphatic carboxylic acids is 1. The van der Waals surface area contributed by atoms with Gasteiger partial charge in [-0.15, -0.1) is 0 Å². The fourth-order valence-electron chi connectivity index (χ4n) is 2.21. The summed E-state index contributed by atoms with van der Waals surface area (Å²) in [5.41, 5.74) is -2.69. The van der Waals surface area contributed by atoms with Crippen molar-refractivity contribution >= 4 is 18.1 Å². The number of alkyl carbamates (subject to hydrolysis) is 1. The lowest BCUT2D eigenvalue weighted by Gasteiger charge is -2.29. The lowest BCUT2D eigenvalue weighted by Crippen LogP contribution is -2.58. The van der Waals surface area contributed by atoms with Crippen molar-refractivity contribution in [3.8, 4) is 0 Å². The highest BCUT2D eigenvalue weighted by Gasteiger charge is 2.48. The van der Waals surface area contributed by atoms with Gasteiger partial charge in [0.1, 0.15) is 5.60 Å². The Labute approximate surface area is 136 Å². The minimum Gasteiger partial charge on any atom is -0.479 e. The third kappa shape index (κ3) is 5.61. The smallest absolute Gasteiger partial charge is 0.408 e. The van der Waals surface area contributed by atoms with Crippen LogP contribution in [0.5, 0.6) is 0 Å². The highest BCUT2D eigenvalue weighted by Crippen LogP contribution is 2.23. The molecule has 0 spiro atoms. The third-order valence-corrected chi connectivity index (χ3v) is 3.19. The van der Waals surface area contributed by atoms with E-state index in [-0.39, 0.29) is 25.5 Å². The molecule has 23 heavy (non-hydrogen) atoms. The molecule has 1 fully saturated rings. The van der Waals surface area contributed by atoms with Crippen LogP contribution in [0.2, 0.25) is 0 Å². The highest BCUT2D eigenvalue weighted by molar-refractivity contribution is 5.87. The molecule has 3 amide bonds. The van der Waals surface area contributed by atoms with Crippen molar-refractivity contribution in [3.63, 3.8) is 0 Å². The molecule has 1 rings (SSSR count). The summed E-state index contributed by atoms with van der Waals surface area (Å²) in [4.78, 5) is 37.1. The van der Waals surface area contributed by atoms with Crippen LogP contribution in [0.25, 0.3) is 0 Å². The number of hydrogen-bond acceptors (Lipinski definition) is 4. The molecule has 0 aliphatic carbocycles. The fourth-order valence-corrected chi connectivity index (χ4v) is 2.21. The number of likely N-dealkylation sites (tertiary alicyclic amines) is 1. The second-order valence-corrected chi connectivity index (χ2v) is 7.87. The van der Waals surface area contributed by atoms with Gasteiger partial charge >= 0.3 is 18.1 Å². The maximum absolute atomic E-state index is 12.2. The van der Waals surface area contributed by atoms with Gasteiger partial charge in [0.15, 0.2) is 5.54 Å². The van der Waals surface area contributed by atoms with E-state index in [0.717, 1.165) is 0 Å². The number of nitrogens with zero attached hydrogens (tertiary/aromatic N) is 1. The van der Waals surface area contributed by atoms with E-state index >= 15 is 0 Å². The number of amides is 3. The van der Waals surface area contributed by atoms with Crippen LogP contribution in [0.1, 0.15) is 48.0 Å². The first-order chi connectivity index (χ1) is 10.2. The van der Waals surface area contributed by atoms with E-state index in [0.29, 0.717) is 0 Å². The van der Waals surface area contributed by atoms with E-state index in [1.165, 1.54) is 4.90 Å². The molecule has 1 aliphatic rings. The Morgan fingerprint density at radius 2 is 1.70 bits per heavy atom. The number of nitrogens with one attached hydrogen (secondary N) is 2. The number of urea groups is 1. The number of carbonyl (C=O) groups is 3. The minimum absolute atomic E-state index is 0.108. The predicted octanol–water partition coefficient (Wildman–Crippen LogP) is 1.55. The maximum Gasteiger partial charge on any atom is 0.408 e. The Kier molecular flexibility index (Phi) is 5.18. The molecule has 1 unspecified atom stereocenters. The first kappa shape index (κ1) is 19.1. The second-order valence-electron chi connectivity index (χ2n) is 7.87. The first-order valence-electron chi connectivity index (χ1n) is 7.56. The third-order valence-electron chi connectivity index (χ3n) is 3.19. The molecule has 8 heteroatoms. The summed E-state index contributed by atoms with van der Waals surface area (Å²) in [6.07, 6.45) is -0.683. The molecule has 0 radical (unpaired) electrons. The molecular weight excluding hydrogens is 302 g/mol. The molecule has 0 aromatic carbocycles. The topological polar surface area (TPSA) is 108 Å². The number of carboxylic acid groups (broad SMARTS) is 1. The summed E-state index contributed by atoms with van der Waals surface area (Å²) < 4.78 is 5.12. The van der Waals surface area contributed by atoms with Gasteiger partial charge in [0.25, 0.3) is 0 Å². The Morgan fingerprint density at radius 1 is 1.13 bits per heavy atom. The standard InChI is InChI=1S/C15H27N3O5/c1-13(2,3)16-11(21)18-8-7-15(9-18,10(19)20)17-12(22)23-14(4,5)6/h7-9H2,1-6H3,(H,16,21)(H,17,22)(H,19,20). The van der Waals surface area contributed by atoms with Crippen LogP contribution in [0, 0.1) is 0 Å². The number of rotatable bonds is 2. The molecule has 0 saturated carbocycles. The lowest BCUT2D eigenvalue weighted by molar-refractivity contribution is -0.144. The largest absolute Gasteiger partial charge is 0.479 e.